The van der Waals surface area contributed by atoms with Gasteiger partial charge in [0, 0.05) is 22.4 Å². The van der Waals surface area contributed by atoms with Crippen molar-refractivity contribution < 1.29 is 19.4 Å². The monoisotopic (exact) mass is 385 g/mol. The van der Waals surface area contributed by atoms with Crippen molar-refractivity contribution >= 4 is 23.6 Å². The highest BCUT2D eigenvalue weighted by molar-refractivity contribution is 8.00. The number of hydrogen-bond donors (Lipinski definition) is 2. The van der Waals surface area contributed by atoms with Gasteiger partial charge in [0.25, 0.3) is 5.91 Å². The lowest BCUT2D eigenvalue weighted by Gasteiger charge is -2.20. The molecule has 0 heterocycles. The van der Waals surface area contributed by atoms with E-state index < -0.39 is 11.2 Å². The molecule has 1 saturated carbocycles. The topological polar surface area (TPSA) is 75.6 Å². The van der Waals surface area contributed by atoms with Crippen LogP contribution < -0.4 is 10.1 Å². The van der Waals surface area contributed by atoms with Crippen molar-refractivity contribution in [1.29, 1.82) is 0 Å². The molecule has 1 aliphatic carbocycles. The number of benzene rings is 2. The van der Waals surface area contributed by atoms with Gasteiger partial charge in [-0.1, -0.05) is 30.3 Å². The quantitative estimate of drug-likeness (QED) is 0.678. The number of amides is 1. The smallest absolute Gasteiger partial charge is 0.316 e. The molecule has 1 atom stereocenters. The maximum atomic E-state index is 12.8. The highest BCUT2D eigenvalue weighted by atomic mass is 32.2. The summed E-state index contributed by atoms with van der Waals surface area (Å²) in [5, 5.41) is 11.5. The number of aliphatic carboxylic acids is 1. The molecule has 2 N–H and O–H groups in total. The Labute approximate surface area is 163 Å². The second-order valence-electron chi connectivity index (χ2n) is 6.76. The van der Waals surface area contributed by atoms with E-state index in [1.54, 1.807) is 32.2 Å². The van der Waals surface area contributed by atoms with E-state index in [4.69, 9.17) is 9.84 Å². The largest absolute Gasteiger partial charge is 0.496 e. The average Bonchev–Trinajstić information content (AvgIpc) is 3.47. The zero-order valence-corrected chi connectivity index (χ0v) is 16.2. The van der Waals surface area contributed by atoms with Crippen LogP contribution in [0.25, 0.3) is 0 Å². The van der Waals surface area contributed by atoms with Crippen LogP contribution in [0.1, 0.15) is 35.7 Å². The Balaban J connectivity index is 1.73. The van der Waals surface area contributed by atoms with E-state index >= 15 is 0 Å². The van der Waals surface area contributed by atoms with Gasteiger partial charge in [-0.3, -0.25) is 9.59 Å². The summed E-state index contributed by atoms with van der Waals surface area (Å²) >= 11 is 1.18. The molecule has 1 aliphatic rings. The Morgan fingerprint density at radius 2 is 1.85 bits per heavy atom. The Hall–Kier alpha value is -2.47. The molecule has 2 aromatic rings. The first kappa shape index (κ1) is 19.3. The molecular formula is C21H23NO4S. The van der Waals surface area contributed by atoms with Gasteiger partial charge in [-0.15, -0.1) is 11.8 Å². The van der Waals surface area contributed by atoms with E-state index in [1.807, 2.05) is 24.3 Å². The number of methoxy groups -OCH3 is 1. The SMILES string of the molecule is COc1ccccc1C1(CNC(=O)c2ccccc2SC(C)C(=O)O)CC1. The lowest BCUT2D eigenvalue weighted by molar-refractivity contribution is -0.136. The summed E-state index contributed by atoms with van der Waals surface area (Å²) in [6.07, 6.45) is 2.00. The summed E-state index contributed by atoms with van der Waals surface area (Å²) in [5.74, 6) is -0.240. The van der Waals surface area contributed by atoms with Gasteiger partial charge < -0.3 is 15.2 Å². The Morgan fingerprint density at radius 1 is 1.19 bits per heavy atom. The van der Waals surface area contributed by atoms with Crippen LogP contribution >= 0.6 is 11.8 Å². The molecular weight excluding hydrogens is 362 g/mol. The third kappa shape index (κ3) is 4.27. The first-order valence-corrected chi connectivity index (χ1v) is 9.75. The molecule has 27 heavy (non-hydrogen) atoms. The van der Waals surface area contributed by atoms with Crippen molar-refractivity contribution in [3.8, 4) is 5.75 Å². The van der Waals surface area contributed by atoms with Crippen LogP contribution in [-0.2, 0) is 10.2 Å². The minimum absolute atomic E-state index is 0.0846. The van der Waals surface area contributed by atoms with Crippen LogP contribution in [0.4, 0.5) is 0 Å². The molecule has 3 rings (SSSR count). The van der Waals surface area contributed by atoms with Crippen LogP contribution in [0.2, 0.25) is 0 Å². The summed E-state index contributed by atoms with van der Waals surface area (Å²) in [6.45, 7) is 2.14. The van der Waals surface area contributed by atoms with Crippen LogP contribution in [0, 0.1) is 0 Å². The van der Waals surface area contributed by atoms with Gasteiger partial charge in [0.05, 0.1) is 12.7 Å². The fourth-order valence-electron chi connectivity index (χ4n) is 3.12. The van der Waals surface area contributed by atoms with Gasteiger partial charge >= 0.3 is 5.97 Å². The number of rotatable bonds is 8. The number of carbonyl (C=O) groups is 2. The Kier molecular flexibility index (Phi) is 5.75. The molecule has 6 heteroatoms. The predicted octanol–water partition coefficient (Wildman–Crippen LogP) is 3.72. The maximum absolute atomic E-state index is 12.8. The van der Waals surface area contributed by atoms with E-state index in [9.17, 15) is 9.59 Å². The van der Waals surface area contributed by atoms with E-state index in [-0.39, 0.29) is 11.3 Å². The summed E-state index contributed by atoms with van der Waals surface area (Å²) in [7, 11) is 1.66. The fraction of sp³-hybridized carbons (Fsp3) is 0.333. The molecule has 0 saturated heterocycles. The molecule has 0 spiro atoms. The minimum Gasteiger partial charge on any atom is -0.496 e. The number of thioether (sulfide) groups is 1. The van der Waals surface area contributed by atoms with E-state index in [0.717, 1.165) is 24.2 Å². The van der Waals surface area contributed by atoms with Gasteiger partial charge in [0.1, 0.15) is 11.0 Å². The van der Waals surface area contributed by atoms with Gasteiger partial charge in [-0.25, -0.2) is 0 Å². The highest BCUT2D eigenvalue weighted by Gasteiger charge is 2.46. The third-order valence-corrected chi connectivity index (χ3v) is 6.07. The lowest BCUT2D eigenvalue weighted by Crippen LogP contribution is -2.32. The van der Waals surface area contributed by atoms with Gasteiger partial charge in [0.2, 0.25) is 0 Å². The van der Waals surface area contributed by atoms with Gasteiger partial charge in [-0.2, -0.15) is 0 Å². The number of carbonyl (C=O) groups excluding carboxylic acids is 1. The summed E-state index contributed by atoms with van der Waals surface area (Å²) in [5.41, 5.74) is 1.54. The van der Waals surface area contributed by atoms with Crippen molar-refractivity contribution in [3.05, 3.63) is 59.7 Å². The van der Waals surface area contributed by atoms with Crippen molar-refractivity contribution in [2.24, 2.45) is 0 Å². The zero-order chi connectivity index (χ0) is 19.4. The van der Waals surface area contributed by atoms with E-state index in [1.165, 1.54) is 11.8 Å². The molecule has 0 aromatic heterocycles. The summed E-state index contributed by atoms with van der Waals surface area (Å²) in [4.78, 5) is 24.6. The maximum Gasteiger partial charge on any atom is 0.316 e. The first-order chi connectivity index (χ1) is 13.0. The molecule has 1 amide bonds. The zero-order valence-electron chi connectivity index (χ0n) is 15.4. The Bertz CT molecular complexity index is 848. The average molecular weight is 385 g/mol. The number of hydrogen-bond acceptors (Lipinski definition) is 4. The molecule has 0 bridgehead atoms. The number of carboxylic acid groups (broad SMARTS) is 1. The second kappa shape index (κ2) is 8.05. The van der Waals surface area contributed by atoms with Crippen LogP contribution in [0.3, 0.4) is 0 Å². The number of ether oxygens (including phenoxy) is 1. The predicted molar refractivity (Wildman–Crippen MR) is 106 cm³/mol. The first-order valence-electron chi connectivity index (χ1n) is 8.87. The van der Waals surface area contributed by atoms with Gasteiger partial charge in [0.15, 0.2) is 0 Å². The summed E-state index contributed by atoms with van der Waals surface area (Å²) in [6, 6.07) is 15.0. The Morgan fingerprint density at radius 3 is 2.52 bits per heavy atom. The van der Waals surface area contributed by atoms with Crippen LogP contribution in [0.15, 0.2) is 53.4 Å². The van der Waals surface area contributed by atoms with Crippen molar-refractivity contribution in [1.82, 2.24) is 5.32 Å². The molecule has 1 fully saturated rings. The van der Waals surface area contributed by atoms with E-state index in [0.29, 0.717) is 17.0 Å². The summed E-state index contributed by atoms with van der Waals surface area (Å²) < 4.78 is 5.48. The normalized spacial score (nSPS) is 15.6. The molecule has 5 nitrogen and oxygen atoms in total. The van der Waals surface area contributed by atoms with Crippen LogP contribution in [0.5, 0.6) is 5.75 Å². The standard InChI is InChI=1S/C21H23NO4S/c1-14(20(24)25)27-18-10-6-3-7-15(18)19(23)22-13-21(11-12-21)16-8-4-5-9-17(16)26-2/h3-10,14H,11-13H2,1-2H3,(H,22,23)(H,24,25). The third-order valence-electron chi connectivity index (χ3n) is 4.90. The fourth-order valence-corrected chi connectivity index (χ4v) is 4.04. The molecule has 0 radical (unpaired) electrons. The van der Waals surface area contributed by atoms with Crippen molar-refractivity contribution in [2.75, 3.05) is 13.7 Å². The number of nitrogens with one attached hydrogen (secondary N) is 1. The minimum atomic E-state index is -0.900. The molecule has 142 valence electrons. The highest BCUT2D eigenvalue weighted by Crippen LogP contribution is 2.50. The lowest BCUT2D eigenvalue weighted by atomic mass is 9.94. The van der Waals surface area contributed by atoms with E-state index in [2.05, 4.69) is 11.4 Å². The van der Waals surface area contributed by atoms with Crippen LogP contribution in [-0.4, -0.2) is 35.9 Å². The number of carboxylic acids is 1. The van der Waals surface area contributed by atoms with Crippen molar-refractivity contribution in [2.45, 2.75) is 35.3 Å². The number of para-hydroxylation sites is 1. The second-order valence-corrected chi connectivity index (χ2v) is 8.14. The molecule has 0 aliphatic heterocycles. The van der Waals surface area contributed by atoms with Gasteiger partial charge in [-0.05, 0) is 38.0 Å². The molecule has 1 unspecified atom stereocenters. The van der Waals surface area contributed by atoms with Crippen molar-refractivity contribution in [3.63, 3.8) is 0 Å². The molecule has 2 aromatic carbocycles.